The smallest absolute Gasteiger partial charge is 0.530 e. The van der Waals surface area contributed by atoms with E-state index in [2.05, 4.69) is 9.97 Å². The summed E-state index contributed by atoms with van der Waals surface area (Å²) in [5.41, 5.74) is -0.905. The molecule has 2 heterocycles. The SMILES string of the molecule is O=C([O-])Nc1nc(-[n+]2cccc(C(=O)O)c2)nc(=O)[nH]1.[Na+]. The van der Waals surface area contributed by atoms with Crippen molar-refractivity contribution < 1.29 is 53.9 Å². The predicted molar refractivity (Wildman–Crippen MR) is 60.2 cm³/mol. The molecule has 0 saturated carbocycles. The Bertz CT molecular complexity index is 747. The fourth-order valence-electron chi connectivity index (χ4n) is 1.37. The van der Waals surface area contributed by atoms with Gasteiger partial charge in [-0.2, -0.15) is 0 Å². The zero-order valence-corrected chi connectivity index (χ0v) is 12.7. The van der Waals surface area contributed by atoms with Gasteiger partial charge in [0.15, 0.2) is 0 Å². The predicted octanol–water partition coefficient (Wildman–Crippen LogP) is -5.10. The first kappa shape index (κ1) is 16.8. The Labute approximate surface area is 138 Å². The number of hydrogen-bond donors (Lipinski definition) is 3. The van der Waals surface area contributed by atoms with Crippen LogP contribution in [0.3, 0.4) is 0 Å². The quantitative estimate of drug-likeness (QED) is 0.378. The molecule has 11 heteroatoms. The molecular formula is C10H7N5NaO5+. The van der Waals surface area contributed by atoms with Crippen LogP contribution in [0.5, 0.6) is 0 Å². The number of nitrogens with zero attached hydrogens (tertiary/aromatic N) is 3. The summed E-state index contributed by atoms with van der Waals surface area (Å²) in [6.07, 6.45) is 0.929. The van der Waals surface area contributed by atoms with E-state index >= 15 is 0 Å². The van der Waals surface area contributed by atoms with Crippen molar-refractivity contribution in [3.05, 3.63) is 40.6 Å². The zero-order valence-electron chi connectivity index (χ0n) is 10.7. The van der Waals surface area contributed by atoms with Crippen molar-refractivity contribution >= 4 is 18.0 Å². The number of nitrogens with one attached hydrogen (secondary N) is 2. The summed E-state index contributed by atoms with van der Waals surface area (Å²) in [7, 11) is 0. The third-order valence-corrected chi connectivity index (χ3v) is 2.14. The Balaban J connectivity index is 0.00000220. The number of carboxylic acid groups (broad SMARTS) is 2. The second-order valence-corrected chi connectivity index (χ2v) is 3.52. The molecule has 2 rings (SSSR count). The number of rotatable bonds is 3. The number of hydrogen-bond acceptors (Lipinski definition) is 6. The summed E-state index contributed by atoms with van der Waals surface area (Å²) < 4.78 is 1.17. The van der Waals surface area contributed by atoms with Gasteiger partial charge >= 0.3 is 47.2 Å². The van der Waals surface area contributed by atoms with Gasteiger partial charge in [-0.05, 0) is 22.1 Å². The van der Waals surface area contributed by atoms with Gasteiger partial charge in [-0.25, -0.2) is 19.1 Å². The number of aromatic amines is 1. The van der Waals surface area contributed by atoms with Gasteiger partial charge in [-0.1, -0.05) is 0 Å². The summed E-state index contributed by atoms with van der Waals surface area (Å²) in [5, 5.41) is 21.0. The van der Waals surface area contributed by atoms with Gasteiger partial charge in [-0.15, -0.1) is 0 Å². The van der Waals surface area contributed by atoms with Crippen LogP contribution in [-0.4, -0.2) is 32.1 Å². The van der Waals surface area contributed by atoms with Crippen molar-refractivity contribution in [1.29, 1.82) is 0 Å². The van der Waals surface area contributed by atoms with Gasteiger partial charge in [0, 0.05) is 0 Å². The minimum atomic E-state index is -1.66. The number of aromatic nitrogens is 4. The molecule has 0 aliphatic heterocycles. The molecule has 0 bridgehead atoms. The van der Waals surface area contributed by atoms with E-state index in [9.17, 15) is 19.5 Å². The molecule has 102 valence electrons. The second-order valence-electron chi connectivity index (χ2n) is 3.52. The number of aromatic carboxylic acids is 1. The van der Waals surface area contributed by atoms with E-state index in [-0.39, 0.29) is 47.0 Å². The summed E-state index contributed by atoms with van der Waals surface area (Å²) in [5.74, 6) is -1.74. The number of carboxylic acids is 1. The summed E-state index contributed by atoms with van der Waals surface area (Å²) in [6.45, 7) is 0. The van der Waals surface area contributed by atoms with Crippen molar-refractivity contribution in [2.45, 2.75) is 0 Å². The van der Waals surface area contributed by atoms with Crippen molar-refractivity contribution in [2.75, 3.05) is 5.32 Å². The minimum absolute atomic E-state index is 0. The topological polar surface area (TPSA) is 152 Å². The van der Waals surface area contributed by atoms with Crippen LogP contribution < -0.4 is 50.2 Å². The molecule has 0 spiro atoms. The first-order chi connectivity index (χ1) is 9.45. The van der Waals surface area contributed by atoms with Gasteiger partial charge in [0.05, 0.1) is 18.0 Å². The van der Waals surface area contributed by atoms with Gasteiger partial charge in [0.25, 0.3) is 5.95 Å². The molecule has 1 amide bonds. The number of carbonyl (C=O) groups is 2. The molecule has 21 heavy (non-hydrogen) atoms. The fraction of sp³-hybridized carbons (Fsp3) is 0. The number of carbonyl (C=O) groups excluding carboxylic acids is 1. The van der Waals surface area contributed by atoms with Crippen LogP contribution in [0.2, 0.25) is 0 Å². The number of H-pyrrole nitrogens is 1. The first-order valence-electron chi connectivity index (χ1n) is 5.17. The van der Waals surface area contributed by atoms with E-state index in [4.69, 9.17) is 5.11 Å². The molecule has 0 aromatic carbocycles. The molecule has 0 atom stereocenters. The summed E-state index contributed by atoms with van der Waals surface area (Å²) >= 11 is 0. The summed E-state index contributed by atoms with van der Waals surface area (Å²) in [4.78, 5) is 41.8. The molecule has 3 N–H and O–H groups in total. The molecule has 0 unspecified atom stereocenters. The molecule has 0 aliphatic rings. The second kappa shape index (κ2) is 6.92. The Morgan fingerprint density at radius 3 is 2.71 bits per heavy atom. The maximum absolute atomic E-state index is 11.3. The van der Waals surface area contributed by atoms with Crippen LogP contribution in [0.1, 0.15) is 10.4 Å². The molecule has 10 nitrogen and oxygen atoms in total. The maximum atomic E-state index is 11.3. The van der Waals surface area contributed by atoms with Crippen molar-refractivity contribution in [2.24, 2.45) is 0 Å². The average molecular weight is 300 g/mol. The van der Waals surface area contributed by atoms with Crippen molar-refractivity contribution in [3.63, 3.8) is 0 Å². The van der Waals surface area contributed by atoms with Crippen LogP contribution in [-0.2, 0) is 0 Å². The average Bonchev–Trinajstić information content (AvgIpc) is 2.37. The van der Waals surface area contributed by atoms with Gasteiger partial charge in [0.2, 0.25) is 0 Å². The third kappa shape index (κ3) is 4.34. The third-order valence-electron chi connectivity index (χ3n) is 2.14. The first-order valence-corrected chi connectivity index (χ1v) is 5.17. The summed E-state index contributed by atoms with van der Waals surface area (Å²) in [6, 6.07) is 2.76. The van der Waals surface area contributed by atoms with Gasteiger partial charge in [0.1, 0.15) is 6.09 Å². The monoisotopic (exact) mass is 300 g/mol. The Hall–Kier alpha value is -2.30. The standard InChI is InChI=1S/C10H7N5O5.Na/c16-6(17)5-2-1-3-15(4-5)8-11-7(13-10(19)20)12-9(18)14-8;/h1-4H,(H3-,11,12,13,14,16,17,18,19,20);/q;+1. The van der Waals surface area contributed by atoms with E-state index in [0.29, 0.717) is 0 Å². The van der Waals surface area contributed by atoms with Crippen LogP contribution in [0.25, 0.3) is 5.95 Å². The fourth-order valence-corrected chi connectivity index (χ4v) is 1.37. The number of pyridine rings is 1. The van der Waals surface area contributed by atoms with E-state index in [1.54, 1.807) is 5.32 Å². The molecular weight excluding hydrogens is 293 g/mol. The van der Waals surface area contributed by atoms with Crippen molar-refractivity contribution in [3.8, 4) is 5.95 Å². The Morgan fingerprint density at radius 1 is 1.38 bits per heavy atom. The van der Waals surface area contributed by atoms with Crippen LogP contribution in [0, 0.1) is 0 Å². The number of amides is 1. The van der Waals surface area contributed by atoms with Crippen molar-refractivity contribution in [1.82, 2.24) is 15.0 Å². The minimum Gasteiger partial charge on any atom is -0.530 e. The van der Waals surface area contributed by atoms with Gasteiger partial charge < -0.3 is 15.0 Å². The molecule has 0 aliphatic carbocycles. The molecule has 0 saturated heterocycles. The normalized spacial score (nSPS) is 9.52. The maximum Gasteiger partial charge on any atom is 1.00 e. The molecule has 0 radical (unpaired) electrons. The van der Waals surface area contributed by atoms with E-state index in [1.807, 2.05) is 4.98 Å². The molecule has 2 aromatic rings. The molecule has 2 aromatic heterocycles. The Kier molecular flexibility index (Phi) is 5.52. The van der Waals surface area contributed by atoms with Crippen LogP contribution in [0.15, 0.2) is 29.3 Å². The Morgan fingerprint density at radius 2 is 2.10 bits per heavy atom. The van der Waals surface area contributed by atoms with Gasteiger partial charge in [-0.3, -0.25) is 5.32 Å². The number of anilines is 1. The largest absolute Gasteiger partial charge is 1.00 e. The van der Waals surface area contributed by atoms with Crippen LogP contribution >= 0.6 is 0 Å². The van der Waals surface area contributed by atoms with E-state index in [1.165, 1.54) is 29.1 Å². The van der Waals surface area contributed by atoms with Crippen LogP contribution in [0.4, 0.5) is 10.7 Å². The zero-order chi connectivity index (χ0) is 14.7. The van der Waals surface area contributed by atoms with E-state index < -0.39 is 17.8 Å². The van der Waals surface area contributed by atoms with E-state index in [0.717, 1.165) is 0 Å². The molecule has 0 fully saturated rings.